The van der Waals surface area contributed by atoms with E-state index in [1.54, 1.807) is 0 Å². The molecule has 0 spiro atoms. The predicted octanol–water partition coefficient (Wildman–Crippen LogP) is 3.06. The second-order valence-corrected chi connectivity index (χ2v) is 11.1. The maximum absolute atomic E-state index is 12.7. The van der Waals surface area contributed by atoms with Crippen LogP contribution in [0.4, 0.5) is 0 Å². The van der Waals surface area contributed by atoms with Crippen LogP contribution in [0.5, 0.6) is 0 Å². The minimum atomic E-state index is -0.169. The third-order valence-corrected chi connectivity index (χ3v) is 9.89. The van der Waals surface area contributed by atoms with Gasteiger partial charge in [0.2, 0.25) is 6.41 Å². The van der Waals surface area contributed by atoms with Crippen molar-refractivity contribution in [2.75, 3.05) is 13.1 Å². The minimum Gasteiger partial charge on any atom is -0.391 e. The third kappa shape index (κ3) is 3.12. The van der Waals surface area contributed by atoms with Gasteiger partial charge in [0, 0.05) is 30.8 Å². The number of ketones is 1. The lowest BCUT2D eigenvalue weighted by molar-refractivity contribution is -0.141. The summed E-state index contributed by atoms with van der Waals surface area (Å²) in [5.41, 5.74) is 1.30. The normalized spacial score (nSPS) is 49.3. The van der Waals surface area contributed by atoms with Crippen LogP contribution in [0.1, 0.15) is 71.6 Å². The summed E-state index contributed by atoms with van der Waals surface area (Å²) in [6.45, 7) is 6.60. The molecule has 0 bridgehead atoms. The highest BCUT2D eigenvalue weighted by atomic mass is 16.6. The molecule has 2 N–H and O–H groups in total. The fourth-order valence-electron chi connectivity index (χ4n) is 8.06. The van der Waals surface area contributed by atoms with Crippen molar-refractivity contribution in [2.45, 2.75) is 83.8 Å². The molecule has 5 aliphatic rings. The zero-order chi connectivity index (χ0) is 20.9. The van der Waals surface area contributed by atoms with Gasteiger partial charge < -0.3 is 15.5 Å². The molecule has 6 nitrogen and oxygen atoms in total. The van der Waals surface area contributed by atoms with Crippen molar-refractivity contribution in [2.24, 2.45) is 39.7 Å². The molecule has 5 rings (SSSR count). The molecule has 1 amide bonds. The maximum atomic E-state index is 12.7. The van der Waals surface area contributed by atoms with Crippen LogP contribution in [0, 0.1) is 34.5 Å². The average Bonchev–Trinajstić information content (AvgIpc) is 3.35. The van der Waals surface area contributed by atoms with Crippen LogP contribution < -0.4 is 10.6 Å². The number of fused-ring (bicyclic) bond motifs is 5. The lowest BCUT2D eigenvalue weighted by Gasteiger charge is -2.61. The molecule has 1 saturated heterocycles. The summed E-state index contributed by atoms with van der Waals surface area (Å²) in [4.78, 5) is 30.1. The average molecular weight is 416 g/mol. The Morgan fingerprint density at radius 1 is 1.17 bits per heavy atom. The Morgan fingerprint density at radius 3 is 2.80 bits per heavy atom. The molecule has 1 aliphatic heterocycles. The van der Waals surface area contributed by atoms with E-state index in [2.05, 4.69) is 29.6 Å². The molecule has 4 aliphatic carbocycles. The first kappa shape index (κ1) is 20.5. The van der Waals surface area contributed by atoms with Gasteiger partial charge in [0.25, 0.3) is 0 Å². The van der Waals surface area contributed by atoms with Gasteiger partial charge in [-0.3, -0.25) is 9.59 Å². The molecule has 166 valence electrons. The largest absolute Gasteiger partial charge is 0.391 e. The van der Waals surface area contributed by atoms with Gasteiger partial charge in [-0.1, -0.05) is 19.0 Å². The van der Waals surface area contributed by atoms with E-state index in [1.165, 1.54) is 5.71 Å². The second kappa shape index (κ2) is 7.61. The van der Waals surface area contributed by atoms with Crippen LogP contribution in [-0.4, -0.2) is 43.1 Å². The van der Waals surface area contributed by atoms with Gasteiger partial charge in [-0.05, 0) is 80.6 Å². The zero-order valence-corrected chi connectivity index (χ0v) is 18.5. The van der Waals surface area contributed by atoms with Crippen molar-refractivity contribution in [3.8, 4) is 0 Å². The number of nitrogens with zero attached hydrogens (tertiary/aromatic N) is 1. The van der Waals surface area contributed by atoms with E-state index in [9.17, 15) is 9.59 Å². The molecular formula is C24H37N3O3. The van der Waals surface area contributed by atoms with Crippen molar-refractivity contribution < 1.29 is 14.4 Å². The monoisotopic (exact) mass is 415 g/mol. The van der Waals surface area contributed by atoms with E-state index in [0.29, 0.717) is 29.5 Å². The number of carbonyl (C=O) groups excluding carboxylic acids is 2. The quantitative estimate of drug-likeness (QED) is 0.546. The van der Waals surface area contributed by atoms with Crippen molar-refractivity contribution in [3.63, 3.8) is 0 Å². The lowest BCUT2D eigenvalue weighted by Crippen LogP contribution is -2.61. The van der Waals surface area contributed by atoms with Crippen LogP contribution in [0.15, 0.2) is 5.16 Å². The molecule has 6 heteroatoms. The molecular weight excluding hydrogens is 378 g/mol. The molecule has 0 aromatic carbocycles. The highest BCUT2D eigenvalue weighted by Crippen LogP contribution is 2.65. The summed E-state index contributed by atoms with van der Waals surface area (Å²) < 4.78 is 0. The van der Waals surface area contributed by atoms with Gasteiger partial charge in [-0.25, -0.2) is 0 Å². The number of nitrogens with one attached hydrogen (secondary N) is 2. The fourth-order valence-corrected chi connectivity index (χ4v) is 8.06. The van der Waals surface area contributed by atoms with Crippen LogP contribution in [-0.2, 0) is 14.4 Å². The molecule has 5 fully saturated rings. The van der Waals surface area contributed by atoms with E-state index in [4.69, 9.17) is 4.84 Å². The fraction of sp³-hybridized carbons (Fsp3) is 0.875. The molecule has 8 atom stereocenters. The number of amides is 1. The molecule has 1 heterocycles. The van der Waals surface area contributed by atoms with Gasteiger partial charge in [-0.2, -0.15) is 0 Å². The Balaban J connectivity index is 1.38. The Kier molecular flexibility index (Phi) is 5.19. The summed E-state index contributed by atoms with van der Waals surface area (Å²) in [6, 6.07) is 0.181. The molecule has 0 radical (unpaired) electrons. The number of hydrogen-bond acceptors (Lipinski definition) is 5. The van der Waals surface area contributed by atoms with Gasteiger partial charge in [0.15, 0.2) is 0 Å². The second-order valence-electron chi connectivity index (χ2n) is 11.1. The van der Waals surface area contributed by atoms with Crippen molar-refractivity contribution in [1.82, 2.24) is 10.6 Å². The molecule has 30 heavy (non-hydrogen) atoms. The van der Waals surface area contributed by atoms with Crippen LogP contribution >= 0.6 is 0 Å². The Bertz CT molecular complexity index is 733. The van der Waals surface area contributed by atoms with Gasteiger partial charge in [0.05, 0.1) is 5.71 Å². The Morgan fingerprint density at radius 2 is 2.03 bits per heavy atom. The zero-order valence-electron chi connectivity index (χ0n) is 18.5. The first-order valence-electron chi connectivity index (χ1n) is 12.1. The van der Waals surface area contributed by atoms with Crippen molar-refractivity contribution in [1.29, 1.82) is 0 Å². The highest BCUT2D eigenvalue weighted by Gasteiger charge is 2.62. The summed E-state index contributed by atoms with van der Waals surface area (Å²) in [7, 11) is 0. The topological polar surface area (TPSA) is 79.8 Å². The summed E-state index contributed by atoms with van der Waals surface area (Å²) in [6.07, 6.45) is 10.1. The number of Topliss-reactive ketones (excluding diaryl/α,β-unsaturated/α-hetero) is 1. The van der Waals surface area contributed by atoms with Crippen LogP contribution in [0.3, 0.4) is 0 Å². The summed E-state index contributed by atoms with van der Waals surface area (Å²) >= 11 is 0. The summed E-state index contributed by atoms with van der Waals surface area (Å²) in [5, 5.41) is 11.1. The van der Waals surface area contributed by atoms with Gasteiger partial charge >= 0.3 is 0 Å². The maximum Gasteiger partial charge on any atom is 0.207 e. The minimum absolute atomic E-state index is 0.169. The van der Waals surface area contributed by atoms with Gasteiger partial charge in [0.1, 0.15) is 11.9 Å². The number of carbonyl (C=O) groups is 2. The smallest absolute Gasteiger partial charge is 0.207 e. The first-order chi connectivity index (χ1) is 14.5. The van der Waals surface area contributed by atoms with Gasteiger partial charge in [-0.15, -0.1) is 0 Å². The highest BCUT2D eigenvalue weighted by molar-refractivity contribution is 5.87. The standard InChI is InChI=1S/C24H37N3O3/c1-23-8-5-16(27-30-17-7-10-25-13-17)11-15(23)12-20(26-14-28)22-18-3-4-21(29)24(18,2)9-6-19(22)23/h14-15,17-20,22,25H,3-13H2,1-2H3,(H,26,28)/t15?,17-,18+,19+,20-,22+,23+,24+/m1/s1. The third-order valence-electron chi connectivity index (χ3n) is 9.89. The van der Waals surface area contributed by atoms with E-state index >= 15 is 0 Å². The number of hydrogen-bond donors (Lipinski definition) is 2. The Labute approximate surface area is 179 Å². The summed E-state index contributed by atoms with van der Waals surface area (Å²) in [5.74, 6) is 2.42. The van der Waals surface area contributed by atoms with E-state index < -0.39 is 0 Å². The van der Waals surface area contributed by atoms with Crippen molar-refractivity contribution in [3.05, 3.63) is 0 Å². The molecule has 0 aromatic heterocycles. The van der Waals surface area contributed by atoms with E-state index in [0.717, 1.165) is 77.3 Å². The SMILES string of the molecule is C[C@]12CCC(=NO[C@@H]3CCNC3)CC1C[C@@H](NC=O)[C@@H]1[C@@H]2CC[C@]2(C)C(=O)CC[C@@H]12. The number of rotatable bonds is 4. The van der Waals surface area contributed by atoms with Crippen LogP contribution in [0.25, 0.3) is 0 Å². The lowest BCUT2D eigenvalue weighted by atomic mass is 9.44. The molecule has 4 saturated carbocycles. The Hall–Kier alpha value is -1.43. The van der Waals surface area contributed by atoms with Crippen LogP contribution in [0.2, 0.25) is 0 Å². The predicted molar refractivity (Wildman–Crippen MR) is 115 cm³/mol. The molecule has 1 unspecified atom stereocenters. The number of oxime groups is 1. The molecule has 0 aromatic rings. The van der Waals surface area contributed by atoms with E-state index in [-0.39, 0.29) is 23.0 Å². The van der Waals surface area contributed by atoms with Crippen molar-refractivity contribution >= 4 is 17.9 Å². The first-order valence-corrected chi connectivity index (χ1v) is 12.1. The van der Waals surface area contributed by atoms with E-state index in [1.807, 2.05) is 0 Å².